The number of halogens is 2. The van der Waals surface area contributed by atoms with E-state index in [0.717, 1.165) is 6.54 Å². The van der Waals surface area contributed by atoms with E-state index in [1.165, 1.54) is 19.0 Å². The van der Waals surface area contributed by atoms with Crippen LogP contribution in [0.3, 0.4) is 0 Å². The van der Waals surface area contributed by atoms with Crippen LogP contribution in [0, 0.1) is 26.6 Å². The van der Waals surface area contributed by atoms with Crippen LogP contribution in [0.25, 0.3) is 0 Å². The van der Waals surface area contributed by atoms with Gasteiger partial charge < -0.3 is 5.32 Å². The summed E-state index contributed by atoms with van der Waals surface area (Å²) >= 11 is 1.90. The Balaban J connectivity index is 2.19. The second-order valence-electron chi connectivity index (χ2n) is 3.58. The maximum Gasteiger partial charge on any atom is 0.184 e. The smallest absolute Gasteiger partial charge is 0.184 e. The Bertz CT molecular complexity index is 423. The number of nitrogens with zero attached hydrogens (tertiary/aromatic N) is 2. The highest BCUT2D eigenvalue weighted by Gasteiger charge is 2.22. The number of pyridine rings is 1. The molecule has 1 aromatic rings. The Labute approximate surface area is 101 Å². The molecule has 0 aliphatic heterocycles. The number of rotatable bonds is 3. The van der Waals surface area contributed by atoms with Gasteiger partial charge in [0.1, 0.15) is 11.6 Å². The molecule has 3 nitrogen and oxygen atoms in total. The molecule has 78 valence electrons. The Hall–Kier alpha value is -0.900. The van der Waals surface area contributed by atoms with Gasteiger partial charge >= 0.3 is 0 Å². The lowest BCUT2D eigenvalue weighted by molar-refractivity contribution is 0.618. The summed E-state index contributed by atoms with van der Waals surface area (Å²) in [6, 6.07) is 1.84. The van der Waals surface area contributed by atoms with Crippen LogP contribution in [0.1, 0.15) is 18.4 Å². The molecule has 0 bridgehead atoms. The second kappa shape index (κ2) is 4.31. The number of hydrogen-bond donors (Lipinski definition) is 1. The standard InChI is InChI=1S/C10H9FIN3/c11-9-7(3-13)8(12)5-15-10(9)14-4-6-1-2-6/h5-6H,1-2,4H2,(H,14,15). The Morgan fingerprint density at radius 1 is 1.67 bits per heavy atom. The van der Waals surface area contributed by atoms with E-state index in [1.54, 1.807) is 0 Å². The third-order valence-corrected chi connectivity index (χ3v) is 3.16. The van der Waals surface area contributed by atoms with Gasteiger partial charge in [0.25, 0.3) is 0 Å². The van der Waals surface area contributed by atoms with Crippen LogP contribution >= 0.6 is 22.6 Å². The van der Waals surface area contributed by atoms with Crippen molar-refractivity contribution < 1.29 is 4.39 Å². The molecule has 0 spiro atoms. The van der Waals surface area contributed by atoms with E-state index in [9.17, 15) is 4.39 Å². The molecule has 1 heterocycles. The maximum atomic E-state index is 13.7. The summed E-state index contributed by atoms with van der Waals surface area (Å²) in [5, 5.41) is 11.7. The summed E-state index contributed by atoms with van der Waals surface area (Å²) < 4.78 is 14.2. The molecule has 0 atom stereocenters. The van der Waals surface area contributed by atoms with Gasteiger partial charge in [0, 0.05) is 12.7 Å². The monoisotopic (exact) mass is 317 g/mol. The first kappa shape index (κ1) is 10.6. The molecule has 1 saturated carbocycles. The first-order valence-electron chi connectivity index (χ1n) is 4.70. The average molecular weight is 317 g/mol. The van der Waals surface area contributed by atoms with Gasteiger partial charge in [0.15, 0.2) is 11.6 Å². The molecule has 15 heavy (non-hydrogen) atoms. The van der Waals surface area contributed by atoms with Gasteiger partial charge in [0.05, 0.1) is 3.57 Å². The van der Waals surface area contributed by atoms with E-state index in [0.29, 0.717) is 9.49 Å². The maximum absolute atomic E-state index is 13.7. The van der Waals surface area contributed by atoms with E-state index >= 15 is 0 Å². The molecule has 2 rings (SSSR count). The van der Waals surface area contributed by atoms with Gasteiger partial charge in [0.2, 0.25) is 0 Å². The molecule has 0 saturated heterocycles. The van der Waals surface area contributed by atoms with Gasteiger partial charge in [-0.2, -0.15) is 5.26 Å². The van der Waals surface area contributed by atoms with Crippen LogP contribution in [-0.2, 0) is 0 Å². The van der Waals surface area contributed by atoms with Crippen LogP contribution < -0.4 is 5.32 Å². The van der Waals surface area contributed by atoms with Gasteiger partial charge in [-0.15, -0.1) is 0 Å². The van der Waals surface area contributed by atoms with Crippen LogP contribution in [0.2, 0.25) is 0 Å². The molecular formula is C10H9FIN3. The zero-order valence-electron chi connectivity index (χ0n) is 7.93. The molecule has 0 unspecified atom stereocenters. The van der Waals surface area contributed by atoms with Gasteiger partial charge in [-0.05, 0) is 41.4 Å². The van der Waals surface area contributed by atoms with Crippen molar-refractivity contribution in [1.82, 2.24) is 4.98 Å². The predicted molar refractivity (Wildman–Crippen MR) is 62.8 cm³/mol. The van der Waals surface area contributed by atoms with E-state index < -0.39 is 5.82 Å². The van der Waals surface area contributed by atoms with Crippen LogP contribution in [-0.4, -0.2) is 11.5 Å². The second-order valence-corrected chi connectivity index (χ2v) is 4.74. The fourth-order valence-electron chi connectivity index (χ4n) is 1.25. The summed E-state index contributed by atoms with van der Waals surface area (Å²) in [5.41, 5.74) is 0.0731. The van der Waals surface area contributed by atoms with Crippen molar-refractivity contribution in [1.29, 1.82) is 5.26 Å². The fourth-order valence-corrected chi connectivity index (χ4v) is 1.75. The fraction of sp³-hybridized carbons (Fsp3) is 0.400. The lowest BCUT2D eigenvalue weighted by Crippen LogP contribution is -2.08. The van der Waals surface area contributed by atoms with Crippen molar-refractivity contribution in [2.45, 2.75) is 12.8 Å². The predicted octanol–water partition coefficient (Wildman–Crippen LogP) is 2.52. The molecule has 1 aromatic heterocycles. The summed E-state index contributed by atoms with van der Waals surface area (Å²) in [4.78, 5) is 3.94. The minimum atomic E-state index is -0.537. The highest BCUT2D eigenvalue weighted by atomic mass is 127. The number of hydrogen-bond acceptors (Lipinski definition) is 3. The summed E-state index contributed by atoms with van der Waals surface area (Å²) in [6.45, 7) is 0.745. The molecule has 1 fully saturated rings. The van der Waals surface area contributed by atoms with Crippen molar-refractivity contribution in [3.05, 3.63) is 21.1 Å². The molecule has 1 N–H and O–H groups in total. The lowest BCUT2D eigenvalue weighted by atomic mass is 10.2. The highest BCUT2D eigenvalue weighted by molar-refractivity contribution is 14.1. The number of nitriles is 1. The van der Waals surface area contributed by atoms with E-state index in [-0.39, 0.29) is 11.4 Å². The zero-order chi connectivity index (χ0) is 10.8. The lowest BCUT2D eigenvalue weighted by Gasteiger charge is -2.06. The minimum Gasteiger partial charge on any atom is -0.367 e. The van der Waals surface area contributed by atoms with Crippen molar-refractivity contribution in [2.24, 2.45) is 5.92 Å². The van der Waals surface area contributed by atoms with Crippen LogP contribution in [0.5, 0.6) is 0 Å². The largest absolute Gasteiger partial charge is 0.367 e. The number of anilines is 1. The number of aromatic nitrogens is 1. The molecule has 0 radical (unpaired) electrons. The molecule has 0 amide bonds. The third kappa shape index (κ3) is 2.37. The van der Waals surface area contributed by atoms with Gasteiger partial charge in [-0.25, -0.2) is 9.37 Å². The Morgan fingerprint density at radius 3 is 3.00 bits per heavy atom. The van der Waals surface area contributed by atoms with Crippen molar-refractivity contribution in [3.63, 3.8) is 0 Å². The summed E-state index contributed by atoms with van der Waals surface area (Å²) in [5.74, 6) is 0.305. The van der Waals surface area contributed by atoms with Crippen molar-refractivity contribution >= 4 is 28.4 Å². The summed E-state index contributed by atoms with van der Waals surface area (Å²) in [7, 11) is 0. The van der Waals surface area contributed by atoms with Crippen molar-refractivity contribution in [2.75, 3.05) is 11.9 Å². The average Bonchev–Trinajstić information content (AvgIpc) is 3.01. The van der Waals surface area contributed by atoms with Gasteiger partial charge in [-0.3, -0.25) is 0 Å². The first-order valence-corrected chi connectivity index (χ1v) is 5.78. The first-order chi connectivity index (χ1) is 7.22. The highest BCUT2D eigenvalue weighted by Crippen LogP contribution is 2.29. The topological polar surface area (TPSA) is 48.7 Å². The molecule has 5 heteroatoms. The normalized spacial score (nSPS) is 14.7. The number of nitrogens with one attached hydrogen (secondary N) is 1. The molecule has 1 aliphatic rings. The quantitative estimate of drug-likeness (QED) is 0.872. The molecular weight excluding hydrogens is 308 g/mol. The molecule has 0 aromatic carbocycles. The van der Waals surface area contributed by atoms with E-state index in [2.05, 4.69) is 10.3 Å². The Kier molecular flexibility index (Phi) is 3.05. The van der Waals surface area contributed by atoms with Gasteiger partial charge in [-0.1, -0.05) is 0 Å². The summed E-state index contributed by atoms with van der Waals surface area (Å²) in [6.07, 6.45) is 3.91. The van der Waals surface area contributed by atoms with Crippen LogP contribution in [0.4, 0.5) is 10.2 Å². The van der Waals surface area contributed by atoms with Crippen LogP contribution in [0.15, 0.2) is 6.20 Å². The zero-order valence-corrected chi connectivity index (χ0v) is 10.1. The Morgan fingerprint density at radius 2 is 2.40 bits per heavy atom. The van der Waals surface area contributed by atoms with E-state index in [1.807, 2.05) is 28.7 Å². The van der Waals surface area contributed by atoms with Crippen molar-refractivity contribution in [3.8, 4) is 6.07 Å². The SMILES string of the molecule is N#Cc1c(I)cnc(NCC2CC2)c1F. The minimum absolute atomic E-state index is 0.0731. The molecule has 1 aliphatic carbocycles. The third-order valence-electron chi connectivity index (χ3n) is 2.34. The van der Waals surface area contributed by atoms with E-state index in [4.69, 9.17) is 5.26 Å².